The molecule has 2 heterocycles. The normalized spacial score (nSPS) is 27.3. The Morgan fingerprint density at radius 3 is 1.63 bits per heavy atom. The summed E-state index contributed by atoms with van der Waals surface area (Å²) in [5.41, 5.74) is 7.27. The lowest BCUT2D eigenvalue weighted by atomic mass is 10.1. The monoisotopic (exact) mass is 392 g/mol. The van der Waals surface area contributed by atoms with Crippen molar-refractivity contribution < 1.29 is 9.47 Å². The van der Waals surface area contributed by atoms with Crippen molar-refractivity contribution in [2.24, 2.45) is 9.98 Å². The van der Waals surface area contributed by atoms with Crippen LogP contribution in [0.4, 0.5) is 0 Å². The first-order valence-corrected chi connectivity index (χ1v) is 10.6. The molecule has 3 aromatic rings. The van der Waals surface area contributed by atoms with Crippen LogP contribution in [0.5, 0.6) is 0 Å². The van der Waals surface area contributed by atoms with Gasteiger partial charge in [-0.1, -0.05) is 54.6 Å². The van der Waals surface area contributed by atoms with Crippen molar-refractivity contribution >= 4 is 11.8 Å². The van der Waals surface area contributed by atoms with Crippen LogP contribution < -0.4 is 0 Å². The molecule has 0 saturated carbocycles. The Bertz CT molecular complexity index is 1150. The van der Waals surface area contributed by atoms with E-state index in [1.54, 1.807) is 0 Å². The highest BCUT2D eigenvalue weighted by Crippen LogP contribution is 2.42. The fraction of sp³-hybridized carbons (Fsp3) is 0.231. The van der Waals surface area contributed by atoms with Gasteiger partial charge in [0.1, 0.15) is 24.3 Å². The second-order valence-corrected chi connectivity index (χ2v) is 8.46. The minimum Gasteiger partial charge on any atom is -0.471 e. The number of hydrogen-bond donors (Lipinski definition) is 0. The maximum atomic E-state index is 6.26. The minimum absolute atomic E-state index is 0.107. The van der Waals surface area contributed by atoms with Gasteiger partial charge in [0.05, 0.1) is 0 Å². The van der Waals surface area contributed by atoms with Gasteiger partial charge in [-0.25, -0.2) is 9.98 Å². The van der Waals surface area contributed by atoms with Crippen LogP contribution in [0.3, 0.4) is 0 Å². The summed E-state index contributed by atoms with van der Waals surface area (Å²) in [6, 6.07) is 25.5. The molecule has 30 heavy (non-hydrogen) atoms. The van der Waals surface area contributed by atoms with Crippen LogP contribution in [0.15, 0.2) is 82.8 Å². The number of benzene rings is 3. The number of rotatable bonds is 2. The Morgan fingerprint density at radius 2 is 1.10 bits per heavy atom. The lowest BCUT2D eigenvalue weighted by Gasteiger charge is -2.11. The molecular formula is C26H20N2O2. The van der Waals surface area contributed by atoms with Crippen molar-refractivity contribution in [1.29, 1.82) is 0 Å². The number of aliphatic imine (C=N–C) groups is 2. The van der Waals surface area contributed by atoms with Crippen molar-refractivity contribution in [3.05, 3.63) is 106 Å². The zero-order valence-corrected chi connectivity index (χ0v) is 16.4. The van der Waals surface area contributed by atoms with Crippen LogP contribution >= 0.6 is 0 Å². The molecule has 4 heteroatoms. The molecule has 0 spiro atoms. The van der Waals surface area contributed by atoms with Gasteiger partial charge < -0.3 is 9.47 Å². The van der Waals surface area contributed by atoms with Crippen LogP contribution in [-0.4, -0.2) is 24.0 Å². The van der Waals surface area contributed by atoms with Gasteiger partial charge in [-0.15, -0.1) is 0 Å². The number of ether oxygens (including phenoxy) is 2. The Kier molecular flexibility index (Phi) is 3.31. The average Bonchev–Trinajstić information content (AvgIpc) is 3.52. The fourth-order valence-electron chi connectivity index (χ4n) is 5.26. The standard InChI is InChI=1S/C26H20N2O2/c1-3-10-19-15(6-1)13-21-23(19)27-25(29-21)17-8-5-9-18(12-17)26-28-24-20-11-4-2-7-16(20)14-22(24)30-26/h1-12,21-24H,13-14H2/t21-,22-,23+,24+/m0/s1. The first-order valence-electron chi connectivity index (χ1n) is 10.6. The summed E-state index contributed by atoms with van der Waals surface area (Å²) >= 11 is 0. The van der Waals surface area contributed by atoms with Gasteiger partial charge in [0.25, 0.3) is 0 Å². The summed E-state index contributed by atoms with van der Waals surface area (Å²) in [4.78, 5) is 9.86. The Morgan fingerprint density at radius 1 is 0.600 bits per heavy atom. The van der Waals surface area contributed by atoms with Crippen molar-refractivity contribution in [1.82, 2.24) is 0 Å². The van der Waals surface area contributed by atoms with Crippen molar-refractivity contribution in [2.45, 2.75) is 37.1 Å². The summed E-state index contributed by atoms with van der Waals surface area (Å²) in [5, 5.41) is 0. The molecule has 0 bridgehead atoms. The van der Waals surface area contributed by atoms with E-state index in [0.717, 1.165) is 35.8 Å². The highest BCUT2D eigenvalue weighted by Gasteiger charge is 2.41. The second kappa shape index (κ2) is 6.05. The molecule has 2 aliphatic heterocycles. The Hall–Kier alpha value is -3.40. The van der Waals surface area contributed by atoms with Crippen LogP contribution in [0.1, 0.15) is 45.5 Å². The zero-order valence-electron chi connectivity index (χ0n) is 16.4. The highest BCUT2D eigenvalue weighted by atomic mass is 16.5. The van der Waals surface area contributed by atoms with Crippen molar-refractivity contribution in [3.63, 3.8) is 0 Å². The lowest BCUT2D eigenvalue weighted by Crippen LogP contribution is -2.15. The smallest absolute Gasteiger partial charge is 0.217 e. The molecule has 0 aromatic heterocycles. The summed E-state index contributed by atoms with van der Waals surface area (Å²) in [7, 11) is 0. The third-order valence-corrected chi connectivity index (χ3v) is 6.69. The summed E-state index contributed by atoms with van der Waals surface area (Å²) in [6.07, 6.45) is 2.06. The molecule has 2 aliphatic carbocycles. The third-order valence-electron chi connectivity index (χ3n) is 6.69. The minimum atomic E-state index is 0.107. The van der Waals surface area contributed by atoms with E-state index in [0.29, 0.717) is 0 Å². The lowest BCUT2D eigenvalue weighted by molar-refractivity contribution is 0.206. The van der Waals surface area contributed by atoms with Gasteiger partial charge in [-0.2, -0.15) is 0 Å². The molecule has 3 aromatic carbocycles. The molecule has 0 amide bonds. The van der Waals surface area contributed by atoms with Crippen LogP contribution in [-0.2, 0) is 22.3 Å². The number of nitrogens with zero attached hydrogens (tertiary/aromatic N) is 2. The van der Waals surface area contributed by atoms with Gasteiger partial charge in [-0.3, -0.25) is 0 Å². The second-order valence-electron chi connectivity index (χ2n) is 8.46. The van der Waals surface area contributed by atoms with E-state index in [4.69, 9.17) is 19.5 Å². The van der Waals surface area contributed by atoms with E-state index < -0.39 is 0 Å². The van der Waals surface area contributed by atoms with Crippen LogP contribution in [0.25, 0.3) is 0 Å². The quantitative estimate of drug-likeness (QED) is 0.641. The predicted molar refractivity (Wildman–Crippen MR) is 115 cm³/mol. The van der Waals surface area contributed by atoms with Gasteiger partial charge in [0, 0.05) is 24.0 Å². The van der Waals surface area contributed by atoms with Gasteiger partial charge >= 0.3 is 0 Å². The predicted octanol–water partition coefficient (Wildman–Crippen LogP) is 4.57. The molecule has 0 radical (unpaired) electrons. The highest BCUT2D eigenvalue weighted by molar-refractivity contribution is 6.01. The molecule has 0 unspecified atom stereocenters. The fourth-order valence-corrected chi connectivity index (χ4v) is 5.26. The van der Waals surface area contributed by atoms with Gasteiger partial charge in [0.2, 0.25) is 11.8 Å². The van der Waals surface area contributed by atoms with E-state index in [9.17, 15) is 0 Å². The summed E-state index contributed by atoms with van der Waals surface area (Å²) < 4.78 is 12.5. The molecule has 0 fully saturated rings. The van der Waals surface area contributed by atoms with Crippen LogP contribution in [0, 0.1) is 0 Å². The van der Waals surface area contributed by atoms with E-state index in [1.807, 2.05) is 6.07 Å². The van der Waals surface area contributed by atoms with E-state index in [1.165, 1.54) is 22.3 Å². The maximum absolute atomic E-state index is 6.26. The summed E-state index contributed by atoms with van der Waals surface area (Å²) in [6.45, 7) is 0. The molecule has 7 rings (SSSR count). The van der Waals surface area contributed by atoms with Gasteiger partial charge in [-0.05, 0) is 40.5 Å². The van der Waals surface area contributed by atoms with Gasteiger partial charge in [0.15, 0.2) is 0 Å². The first-order chi connectivity index (χ1) is 14.8. The molecule has 4 nitrogen and oxygen atoms in total. The Balaban J connectivity index is 1.20. The molecule has 4 aliphatic rings. The third kappa shape index (κ3) is 2.34. The molecule has 146 valence electrons. The van der Waals surface area contributed by atoms with E-state index >= 15 is 0 Å². The van der Waals surface area contributed by atoms with Crippen molar-refractivity contribution in [3.8, 4) is 0 Å². The van der Waals surface area contributed by atoms with E-state index in [-0.39, 0.29) is 24.3 Å². The largest absolute Gasteiger partial charge is 0.471 e. The molecular weight excluding hydrogens is 372 g/mol. The average molecular weight is 392 g/mol. The van der Waals surface area contributed by atoms with Crippen LogP contribution in [0.2, 0.25) is 0 Å². The maximum Gasteiger partial charge on any atom is 0.217 e. The summed E-state index contributed by atoms with van der Waals surface area (Å²) in [5.74, 6) is 1.45. The molecule has 0 saturated heterocycles. The number of hydrogen-bond acceptors (Lipinski definition) is 4. The number of fused-ring (bicyclic) bond motifs is 6. The zero-order chi connectivity index (χ0) is 19.7. The van der Waals surface area contributed by atoms with Crippen molar-refractivity contribution in [2.75, 3.05) is 0 Å². The molecule has 4 atom stereocenters. The topological polar surface area (TPSA) is 43.2 Å². The van der Waals surface area contributed by atoms with E-state index in [2.05, 4.69) is 66.7 Å². The SMILES string of the molecule is c1cc(C2=N[C@@H]3c4ccccc4C[C@@H]3O2)cc(C2=N[C@@H]3c4ccccc4C[C@@H]3O2)c1. The first kappa shape index (κ1) is 16.4. The molecule has 0 N–H and O–H groups in total. The Labute approximate surface area is 174 Å².